The summed E-state index contributed by atoms with van der Waals surface area (Å²) in [6.07, 6.45) is 5.34. The Bertz CT molecular complexity index is 871. The molecule has 4 rings (SSSR count). The second kappa shape index (κ2) is 6.49. The van der Waals surface area contributed by atoms with Gasteiger partial charge in [-0.05, 0) is 24.3 Å². The zero-order valence-electron chi connectivity index (χ0n) is 13.9. The summed E-state index contributed by atoms with van der Waals surface area (Å²) in [7, 11) is 1.67. The third-order valence-corrected chi connectivity index (χ3v) is 4.37. The van der Waals surface area contributed by atoms with Crippen molar-refractivity contribution in [1.29, 1.82) is 0 Å². The van der Waals surface area contributed by atoms with Crippen LogP contribution in [0.3, 0.4) is 0 Å². The number of hydrogen-bond acceptors (Lipinski definition) is 4. The van der Waals surface area contributed by atoms with Gasteiger partial charge in [-0.25, -0.2) is 4.68 Å². The molecule has 1 aliphatic heterocycles. The third-order valence-electron chi connectivity index (χ3n) is 4.37. The van der Waals surface area contributed by atoms with Crippen LogP contribution in [0.5, 0.6) is 0 Å². The number of methoxy groups -OCH3 is 1. The molecule has 126 valence electrons. The molecule has 1 fully saturated rings. The van der Waals surface area contributed by atoms with Crippen LogP contribution >= 0.6 is 0 Å². The first-order chi connectivity index (χ1) is 12.3. The quantitative estimate of drug-likeness (QED) is 0.735. The zero-order valence-corrected chi connectivity index (χ0v) is 13.9. The van der Waals surface area contributed by atoms with Crippen molar-refractivity contribution in [1.82, 2.24) is 19.7 Å². The van der Waals surface area contributed by atoms with Gasteiger partial charge in [0.05, 0.1) is 17.4 Å². The fourth-order valence-electron chi connectivity index (χ4n) is 2.88. The molecule has 0 N–H and O–H groups in total. The molecule has 6 nitrogen and oxygen atoms in total. The fourth-order valence-corrected chi connectivity index (χ4v) is 2.88. The van der Waals surface area contributed by atoms with Gasteiger partial charge in [0, 0.05) is 44.4 Å². The molecule has 3 aromatic rings. The summed E-state index contributed by atoms with van der Waals surface area (Å²) in [6, 6.07) is 13.5. The Morgan fingerprint density at radius 3 is 2.64 bits per heavy atom. The van der Waals surface area contributed by atoms with Gasteiger partial charge in [-0.2, -0.15) is 5.10 Å². The van der Waals surface area contributed by atoms with E-state index in [0.717, 1.165) is 11.3 Å². The molecule has 1 aliphatic rings. The number of hydrogen-bond donors (Lipinski definition) is 0. The second-order valence-corrected chi connectivity index (χ2v) is 5.98. The highest BCUT2D eigenvalue weighted by Gasteiger charge is 2.33. The van der Waals surface area contributed by atoms with Gasteiger partial charge in [0.2, 0.25) is 0 Å². The third kappa shape index (κ3) is 2.92. The lowest BCUT2D eigenvalue weighted by Gasteiger charge is -2.38. The monoisotopic (exact) mass is 334 g/mol. The van der Waals surface area contributed by atoms with E-state index in [9.17, 15) is 4.79 Å². The van der Waals surface area contributed by atoms with Crippen molar-refractivity contribution in [3.63, 3.8) is 0 Å². The maximum Gasteiger partial charge on any atom is 0.257 e. The van der Waals surface area contributed by atoms with Gasteiger partial charge in [0.25, 0.3) is 5.91 Å². The number of likely N-dealkylation sites (tertiary alicyclic amines) is 1. The van der Waals surface area contributed by atoms with Crippen LogP contribution in [0.1, 0.15) is 10.4 Å². The number of para-hydroxylation sites is 1. The van der Waals surface area contributed by atoms with Gasteiger partial charge in [-0.15, -0.1) is 0 Å². The van der Waals surface area contributed by atoms with E-state index >= 15 is 0 Å². The molecule has 25 heavy (non-hydrogen) atoms. The molecular weight excluding hydrogens is 316 g/mol. The average Bonchev–Trinajstić information content (AvgIpc) is 3.08. The van der Waals surface area contributed by atoms with Gasteiger partial charge < -0.3 is 9.64 Å². The van der Waals surface area contributed by atoms with E-state index in [1.165, 1.54) is 0 Å². The molecule has 0 saturated carbocycles. The minimum absolute atomic E-state index is 0.0330. The molecular formula is C19H18N4O2. The SMILES string of the molecule is COC1CN(C(=O)c2cn(-c3ccccc3)nc2-c2cccnc2)C1. The Balaban J connectivity index is 1.74. The summed E-state index contributed by atoms with van der Waals surface area (Å²) in [5, 5.41) is 4.65. The van der Waals surface area contributed by atoms with Crippen LogP contribution in [-0.4, -0.2) is 51.9 Å². The molecule has 0 bridgehead atoms. The van der Waals surface area contributed by atoms with E-state index in [1.54, 1.807) is 35.3 Å². The van der Waals surface area contributed by atoms with Crippen LogP contribution in [0.15, 0.2) is 61.1 Å². The summed E-state index contributed by atoms with van der Waals surface area (Å²) in [6.45, 7) is 1.22. The van der Waals surface area contributed by atoms with E-state index < -0.39 is 0 Å². The van der Waals surface area contributed by atoms with Gasteiger partial charge in [0.15, 0.2) is 0 Å². The van der Waals surface area contributed by atoms with Crippen molar-refractivity contribution in [3.8, 4) is 16.9 Å². The van der Waals surface area contributed by atoms with Crippen molar-refractivity contribution in [3.05, 3.63) is 66.6 Å². The van der Waals surface area contributed by atoms with E-state index in [0.29, 0.717) is 24.3 Å². The molecule has 0 radical (unpaired) electrons. The normalized spacial score (nSPS) is 14.4. The molecule has 0 aliphatic carbocycles. The summed E-state index contributed by atoms with van der Waals surface area (Å²) in [5.74, 6) is -0.0330. The van der Waals surface area contributed by atoms with E-state index in [1.807, 2.05) is 42.5 Å². The molecule has 2 aromatic heterocycles. The van der Waals surface area contributed by atoms with Gasteiger partial charge >= 0.3 is 0 Å². The van der Waals surface area contributed by atoms with E-state index in [-0.39, 0.29) is 12.0 Å². The molecule has 0 unspecified atom stereocenters. The van der Waals surface area contributed by atoms with Gasteiger partial charge in [-0.1, -0.05) is 18.2 Å². The summed E-state index contributed by atoms with van der Waals surface area (Å²) in [4.78, 5) is 18.9. The molecule has 0 spiro atoms. The number of carbonyl (C=O) groups is 1. The fraction of sp³-hybridized carbons (Fsp3) is 0.211. The lowest BCUT2D eigenvalue weighted by atomic mass is 10.1. The summed E-state index contributed by atoms with van der Waals surface area (Å²) in [5.41, 5.74) is 2.95. The van der Waals surface area contributed by atoms with Crippen molar-refractivity contribution < 1.29 is 9.53 Å². The topological polar surface area (TPSA) is 60.2 Å². The van der Waals surface area contributed by atoms with Crippen LogP contribution in [-0.2, 0) is 4.74 Å². The van der Waals surface area contributed by atoms with Crippen LogP contribution in [0.4, 0.5) is 0 Å². The van der Waals surface area contributed by atoms with Crippen molar-refractivity contribution in [2.24, 2.45) is 0 Å². The molecule has 1 aromatic carbocycles. The van der Waals surface area contributed by atoms with Gasteiger partial charge in [-0.3, -0.25) is 9.78 Å². The number of nitrogens with zero attached hydrogens (tertiary/aromatic N) is 4. The number of pyridine rings is 1. The molecule has 6 heteroatoms. The average molecular weight is 334 g/mol. The van der Waals surface area contributed by atoms with Gasteiger partial charge in [0.1, 0.15) is 5.69 Å². The number of benzene rings is 1. The number of amides is 1. The van der Waals surface area contributed by atoms with Crippen LogP contribution in [0, 0.1) is 0 Å². The Hall–Kier alpha value is -2.99. The second-order valence-electron chi connectivity index (χ2n) is 5.98. The zero-order chi connectivity index (χ0) is 17.2. The van der Waals surface area contributed by atoms with Crippen LogP contribution < -0.4 is 0 Å². The minimum Gasteiger partial charge on any atom is -0.378 e. The largest absolute Gasteiger partial charge is 0.378 e. The maximum absolute atomic E-state index is 12.9. The van der Waals surface area contributed by atoms with Crippen molar-refractivity contribution in [2.45, 2.75) is 6.10 Å². The minimum atomic E-state index is -0.0330. The molecule has 1 amide bonds. The van der Waals surface area contributed by atoms with Crippen molar-refractivity contribution >= 4 is 5.91 Å². The van der Waals surface area contributed by atoms with E-state index in [2.05, 4.69) is 10.1 Å². The van der Waals surface area contributed by atoms with E-state index in [4.69, 9.17) is 4.74 Å². The Morgan fingerprint density at radius 1 is 1.16 bits per heavy atom. The highest BCUT2D eigenvalue weighted by atomic mass is 16.5. The number of carbonyl (C=O) groups excluding carboxylic acids is 1. The smallest absolute Gasteiger partial charge is 0.257 e. The molecule has 1 saturated heterocycles. The number of aromatic nitrogens is 3. The van der Waals surface area contributed by atoms with Crippen LogP contribution in [0.2, 0.25) is 0 Å². The first-order valence-electron chi connectivity index (χ1n) is 8.14. The predicted molar refractivity (Wildman–Crippen MR) is 93.5 cm³/mol. The Morgan fingerprint density at radius 2 is 1.96 bits per heavy atom. The highest BCUT2D eigenvalue weighted by molar-refractivity contribution is 6.00. The van der Waals surface area contributed by atoms with Crippen molar-refractivity contribution in [2.75, 3.05) is 20.2 Å². The first-order valence-corrected chi connectivity index (χ1v) is 8.14. The number of rotatable bonds is 4. The Labute approximate surface area is 145 Å². The maximum atomic E-state index is 12.9. The predicted octanol–water partition coefficient (Wildman–Crippen LogP) is 2.41. The molecule has 0 atom stereocenters. The summed E-state index contributed by atoms with van der Waals surface area (Å²) < 4.78 is 7.01. The Kier molecular flexibility index (Phi) is 4.03. The standard InChI is InChI=1S/C19H18N4O2/c1-25-16-11-22(12-16)19(24)17-13-23(15-7-3-2-4-8-15)21-18(17)14-6-5-9-20-10-14/h2-10,13,16H,11-12H2,1H3. The highest BCUT2D eigenvalue weighted by Crippen LogP contribution is 2.26. The summed E-state index contributed by atoms with van der Waals surface area (Å²) >= 11 is 0. The molecule has 3 heterocycles. The lowest BCUT2D eigenvalue weighted by Crippen LogP contribution is -2.54. The number of ether oxygens (including phenoxy) is 1. The first kappa shape index (κ1) is 15.5. The van der Waals surface area contributed by atoms with Crippen LogP contribution in [0.25, 0.3) is 16.9 Å². The lowest BCUT2D eigenvalue weighted by molar-refractivity contribution is -0.0191.